The summed E-state index contributed by atoms with van der Waals surface area (Å²) in [5.74, 6) is -1.88. The zero-order valence-electron chi connectivity index (χ0n) is 19.7. The van der Waals surface area contributed by atoms with Gasteiger partial charge in [-0.2, -0.15) is 0 Å². The van der Waals surface area contributed by atoms with Crippen molar-refractivity contribution in [2.45, 2.75) is 32.8 Å². The average Bonchev–Trinajstić information content (AvgIpc) is 2.80. The summed E-state index contributed by atoms with van der Waals surface area (Å²) in [6.45, 7) is 5.15. The minimum Gasteiger partial charge on any atom is -0.466 e. The molecule has 0 bridgehead atoms. The molecule has 2 unspecified atom stereocenters. The zero-order chi connectivity index (χ0) is 25.9. The predicted octanol–water partition coefficient (Wildman–Crippen LogP) is 5.08. The van der Waals surface area contributed by atoms with Crippen LogP contribution in [0.2, 0.25) is 15.2 Å². The first-order valence-electron chi connectivity index (χ1n) is 10.6. The lowest BCUT2D eigenvalue weighted by Crippen LogP contribution is -2.36. The Labute approximate surface area is 218 Å². The Balaban J connectivity index is 2.39. The predicted molar refractivity (Wildman–Crippen MR) is 132 cm³/mol. The second-order valence-electron chi connectivity index (χ2n) is 7.56. The molecule has 1 aliphatic heterocycles. The molecule has 8 nitrogen and oxygen atoms in total. The van der Waals surface area contributed by atoms with Crippen molar-refractivity contribution in [3.63, 3.8) is 0 Å². The van der Waals surface area contributed by atoms with Gasteiger partial charge in [0.25, 0.3) is 0 Å². The lowest BCUT2D eigenvalue weighted by molar-refractivity contribution is -0.139. The van der Waals surface area contributed by atoms with E-state index in [2.05, 4.69) is 15.3 Å². The van der Waals surface area contributed by atoms with Crippen LogP contribution in [0.15, 0.2) is 46.8 Å². The van der Waals surface area contributed by atoms with Gasteiger partial charge in [0.15, 0.2) is 0 Å². The number of hydrogen-bond acceptors (Lipinski definition) is 8. The van der Waals surface area contributed by atoms with E-state index in [9.17, 15) is 9.59 Å². The van der Waals surface area contributed by atoms with E-state index >= 15 is 0 Å². The number of carbonyl (C=O) groups is 2. The topological polar surface area (TPSA) is 99.6 Å². The molecule has 0 aliphatic carbocycles. The molecule has 2 aromatic rings. The number of rotatable bonds is 7. The molecule has 1 N–H and O–H groups in total. The minimum absolute atomic E-state index is 0.0952. The van der Waals surface area contributed by atoms with Crippen molar-refractivity contribution in [3.8, 4) is 0 Å². The lowest BCUT2D eigenvalue weighted by Gasteiger charge is -2.34. The number of methoxy groups -OCH3 is 2. The molecule has 1 aromatic carbocycles. The third kappa shape index (κ3) is 5.46. The number of aryl methyl sites for hydroxylation is 1. The summed E-state index contributed by atoms with van der Waals surface area (Å²) in [6.07, 6.45) is -0.886. The van der Waals surface area contributed by atoms with Crippen molar-refractivity contribution in [1.82, 2.24) is 15.3 Å². The highest BCUT2D eigenvalue weighted by Gasteiger charge is 2.42. The van der Waals surface area contributed by atoms with E-state index in [1.165, 1.54) is 20.3 Å². The Morgan fingerprint density at radius 3 is 2.40 bits per heavy atom. The van der Waals surface area contributed by atoms with Crippen LogP contribution >= 0.6 is 34.8 Å². The molecule has 0 spiro atoms. The molecular formula is C24H24Cl3N3O5. The van der Waals surface area contributed by atoms with E-state index in [1.807, 2.05) is 0 Å². The summed E-state index contributed by atoms with van der Waals surface area (Å²) in [7, 11) is 2.72. The molecule has 3 rings (SSSR count). The number of allylic oxidation sites excluding steroid dienone is 1. The maximum absolute atomic E-state index is 13.5. The smallest absolute Gasteiger partial charge is 0.336 e. The largest absolute Gasteiger partial charge is 0.466 e. The Morgan fingerprint density at radius 2 is 1.80 bits per heavy atom. The fourth-order valence-electron chi connectivity index (χ4n) is 4.01. The number of benzene rings is 1. The van der Waals surface area contributed by atoms with Gasteiger partial charge in [-0.1, -0.05) is 46.9 Å². The van der Waals surface area contributed by atoms with Gasteiger partial charge in [-0.15, -0.1) is 0 Å². The number of nitrogens with zero attached hydrogens (tertiary/aromatic N) is 2. The Kier molecular flexibility index (Phi) is 8.77. The number of nitrogens with one attached hydrogen (secondary N) is 1. The zero-order valence-corrected chi connectivity index (χ0v) is 22.0. The van der Waals surface area contributed by atoms with E-state index < -0.39 is 24.0 Å². The van der Waals surface area contributed by atoms with Crippen molar-refractivity contribution >= 4 is 46.7 Å². The summed E-state index contributed by atoms with van der Waals surface area (Å²) in [5, 5.41) is 3.80. The van der Waals surface area contributed by atoms with E-state index in [1.54, 1.807) is 39.0 Å². The number of dihydropyridines is 1. The maximum Gasteiger partial charge on any atom is 0.336 e. The SMILES string of the molecule is CCOC(=O)C1=C(C(OC)c2cc(Cl)nc(C)n2)NC(C)=C(C(=O)OC)C1c1cccc(Cl)c1Cl. The molecule has 0 fully saturated rings. The van der Waals surface area contributed by atoms with Crippen molar-refractivity contribution in [3.05, 3.63) is 79.1 Å². The highest BCUT2D eigenvalue weighted by molar-refractivity contribution is 6.42. The van der Waals surface area contributed by atoms with Crippen molar-refractivity contribution in [2.24, 2.45) is 0 Å². The van der Waals surface area contributed by atoms with Crippen LogP contribution in [0.25, 0.3) is 0 Å². The second-order valence-corrected chi connectivity index (χ2v) is 8.73. The molecular weight excluding hydrogens is 517 g/mol. The Bertz CT molecular complexity index is 1210. The van der Waals surface area contributed by atoms with Crippen LogP contribution in [-0.2, 0) is 23.8 Å². The summed E-state index contributed by atoms with van der Waals surface area (Å²) in [6, 6.07) is 6.52. The van der Waals surface area contributed by atoms with Gasteiger partial charge in [-0.05, 0) is 32.4 Å². The molecule has 2 atom stereocenters. The third-order valence-corrected chi connectivity index (χ3v) is 6.41. The van der Waals surface area contributed by atoms with Gasteiger partial charge < -0.3 is 19.5 Å². The van der Waals surface area contributed by atoms with Crippen molar-refractivity contribution in [2.75, 3.05) is 20.8 Å². The normalized spacial score (nSPS) is 16.6. The first-order chi connectivity index (χ1) is 16.6. The van der Waals surface area contributed by atoms with Crippen LogP contribution in [0.4, 0.5) is 0 Å². The minimum atomic E-state index is -0.972. The fourth-order valence-corrected chi connectivity index (χ4v) is 4.66. The molecule has 0 amide bonds. The number of aromatic nitrogens is 2. The molecule has 0 saturated carbocycles. The molecule has 1 aromatic heterocycles. The van der Waals surface area contributed by atoms with Crippen LogP contribution in [0.1, 0.15) is 43.0 Å². The second kappa shape index (κ2) is 11.4. The summed E-state index contributed by atoms with van der Waals surface area (Å²) < 4.78 is 16.2. The van der Waals surface area contributed by atoms with E-state index in [0.717, 1.165) is 0 Å². The molecule has 0 saturated heterocycles. The van der Waals surface area contributed by atoms with Crippen molar-refractivity contribution in [1.29, 1.82) is 0 Å². The molecule has 0 radical (unpaired) electrons. The first-order valence-corrected chi connectivity index (χ1v) is 11.7. The van der Waals surface area contributed by atoms with Crippen LogP contribution in [0.3, 0.4) is 0 Å². The Hall–Kier alpha value is -2.65. The highest BCUT2D eigenvalue weighted by atomic mass is 35.5. The monoisotopic (exact) mass is 539 g/mol. The molecule has 2 heterocycles. The number of carbonyl (C=O) groups excluding carboxylic acids is 2. The molecule has 1 aliphatic rings. The van der Waals surface area contributed by atoms with Gasteiger partial charge in [-0.3, -0.25) is 0 Å². The summed E-state index contributed by atoms with van der Waals surface area (Å²) in [4.78, 5) is 34.9. The number of ether oxygens (including phenoxy) is 3. The van der Waals surface area contributed by atoms with Gasteiger partial charge in [0, 0.05) is 18.9 Å². The maximum atomic E-state index is 13.5. The van der Waals surface area contributed by atoms with Crippen LogP contribution in [0, 0.1) is 6.92 Å². The van der Waals surface area contributed by atoms with Crippen LogP contribution < -0.4 is 5.32 Å². The first kappa shape index (κ1) is 26.9. The number of halogens is 3. The van der Waals surface area contributed by atoms with Crippen molar-refractivity contribution < 1.29 is 23.8 Å². The summed E-state index contributed by atoms with van der Waals surface area (Å²) >= 11 is 19.1. The lowest BCUT2D eigenvalue weighted by atomic mass is 9.79. The Morgan fingerprint density at radius 1 is 1.09 bits per heavy atom. The van der Waals surface area contributed by atoms with Gasteiger partial charge in [0.05, 0.1) is 52.2 Å². The fraction of sp³-hybridized carbons (Fsp3) is 0.333. The van der Waals surface area contributed by atoms with Gasteiger partial charge >= 0.3 is 11.9 Å². The van der Waals surface area contributed by atoms with E-state index in [4.69, 9.17) is 49.0 Å². The third-order valence-electron chi connectivity index (χ3n) is 5.38. The standard InChI is InChI=1S/C24H24Cl3N3O5/c1-6-35-24(32)19-18(13-8-7-9-14(25)20(13)27)17(23(31)34-5)11(2)28-21(19)22(33-4)15-10-16(26)30-12(3)29-15/h7-10,18,22,28H,6H2,1-5H3. The summed E-state index contributed by atoms with van der Waals surface area (Å²) in [5.41, 5.74) is 1.84. The van der Waals surface area contributed by atoms with Gasteiger partial charge in [-0.25, -0.2) is 19.6 Å². The van der Waals surface area contributed by atoms with Gasteiger partial charge in [0.1, 0.15) is 17.1 Å². The quantitative estimate of drug-likeness (QED) is 0.383. The average molecular weight is 541 g/mol. The van der Waals surface area contributed by atoms with E-state index in [0.29, 0.717) is 28.5 Å². The number of esters is 2. The highest BCUT2D eigenvalue weighted by Crippen LogP contribution is 2.46. The van der Waals surface area contributed by atoms with E-state index in [-0.39, 0.29) is 33.0 Å². The van der Waals surface area contributed by atoms with Crippen LogP contribution in [0.5, 0.6) is 0 Å². The molecule has 35 heavy (non-hydrogen) atoms. The van der Waals surface area contributed by atoms with Gasteiger partial charge in [0.2, 0.25) is 0 Å². The van der Waals surface area contributed by atoms with Crippen LogP contribution in [-0.4, -0.2) is 42.7 Å². The number of hydrogen-bond donors (Lipinski definition) is 1. The molecule has 11 heteroatoms. The molecule has 186 valence electrons.